The van der Waals surface area contributed by atoms with Crippen molar-refractivity contribution in [2.45, 2.75) is 25.0 Å². The Kier molecular flexibility index (Phi) is 4.89. The Labute approximate surface area is 118 Å². The molecule has 0 radical (unpaired) electrons. The van der Waals surface area contributed by atoms with Gasteiger partial charge in [0.2, 0.25) is 5.91 Å². The summed E-state index contributed by atoms with van der Waals surface area (Å²) in [6.07, 6.45) is 2.10. The molecule has 1 fully saturated rings. The van der Waals surface area contributed by atoms with E-state index in [1.165, 1.54) is 0 Å². The largest absolute Gasteiger partial charge is 0.325 e. The van der Waals surface area contributed by atoms with Crippen molar-refractivity contribution >= 4 is 23.4 Å². The number of hydrogen-bond acceptors (Lipinski definition) is 3. The molecular weight excluding hydrogens is 256 g/mol. The third-order valence-corrected chi connectivity index (χ3v) is 4.43. The molecule has 0 spiro atoms. The Hall–Kier alpha value is -1.44. The molecular formula is C15H18N2OS. The number of aryl methyl sites for hydroxylation is 1. The van der Waals surface area contributed by atoms with Gasteiger partial charge in [0.05, 0.1) is 11.8 Å². The van der Waals surface area contributed by atoms with Gasteiger partial charge in [0, 0.05) is 11.3 Å². The highest BCUT2D eigenvalue weighted by Crippen LogP contribution is 2.27. The van der Waals surface area contributed by atoms with Crippen LogP contribution in [0.15, 0.2) is 18.2 Å². The van der Waals surface area contributed by atoms with Gasteiger partial charge in [-0.3, -0.25) is 4.79 Å². The summed E-state index contributed by atoms with van der Waals surface area (Å²) >= 11 is 1.73. The third-order valence-electron chi connectivity index (χ3n) is 3.05. The second kappa shape index (κ2) is 6.65. The smallest absolute Gasteiger partial charge is 0.237 e. The lowest BCUT2D eigenvalue weighted by Gasteiger charge is -2.11. The lowest BCUT2D eigenvalue weighted by molar-refractivity contribution is -0.115. The van der Waals surface area contributed by atoms with Gasteiger partial charge < -0.3 is 11.1 Å². The van der Waals surface area contributed by atoms with E-state index in [0.717, 1.165) is 35.4 Å². The number of rotatable bonds is 2. The van der Waals surface area contributed by atoms with E-state index in [1.807, 2.05) is 25.1 Å². The Bertz CT molecular complexity index is 525. The van der Waals surface area contributed by atoms with Crippen molar-refractivity contribution < 1.29 is 4.79 Å². The highest BCUT2D eigenvalue weighted by Gasteiger charge is 2.23. The van der Waals surface area contributed by atoms with Crippen LogP contribution in [-0.4, -0.2) is 23.5 Å². The SMILES string of the molecule is Cc1ccc(NC(=O)C2CCCS2)cc1C#CCN. The first-order chi connectivity index (χ1) is 9.20. The molecule has 1 aliphatic heterocycles. The number of hydrogen-bond donors (Lipinski definition) is 2. The van der Waals surface area contributed by atoms with Gasteiger partial charge in [0.25, 0.3) is 0 Å². The first kappa shape index (κ1) is 14.0. The zero-order valence-electron chi connectivity index (χ0n) is 11.0. The van der Waals surface area contributed by atoms with Gasteiger partial charge >= 0.3 is 0 Å². The molecule has 19 heavy (non-hydrogen) atoms. The summed E-state index contributed by atoms with van der Waals surface area (Å²) in [4.78, 5) is 12.0. The van der Waals surface area contributed by atoms with E-state index >= 15 is 0 Å². The maximum atomic E-state index is 12.0. The molecule has 0 bridgehead atoms. The molecule has 1 unspecified atom stereocenters. The summed E-state index contributed by atoms with van der Waals surface area (Å²) in [6, 6.07) is 5.80. The highest BCUT2D eigenvalue weighted by atomic mass is 32.2. The van der Waals surface area contributed by atoms with Gasteiger partial charge in [0.15, 0.2) is 0 Å². The van der Waals surface area contributed by atoms with Crippen LogP contribution in [0, 0.1) is 18.8 Å². The lowest BCUT2D eigenvalue weighted by Crippen LogP contribution is -2.22. The fourth-order valence-corrected chi connectivity index (χ4v) is 3.15. The zero-order chi connectivity index (χ0) is 13.7. The van der Waals surface area contributed by atoms with Gasteiger partial charge in [0.1, 0.15) is 0 Å². The Morgan fingerprint density at radius 1 is 1.58 bits per heavy atom. The van der Waals surface area contributed by atoms with E-state index in [9.17, 15) is 4.79 Å². The van der Waals surface area contributed by atoms with Crippen LogP contribution in [0.3, 0.4) is 0 Å². The van der Waals surface area contributed by atoms with Crippen molar-refractivity contribution in [2.75, 3.05) is 17.6 Å². The van der Waals surface area contributed by atoms with Gasteiger partial charge in [-0.25, -0.2) is 0 Å². The molecule has 1 amide bonds. The van der Waals surface area contributed by atoms with Gasteiger partial charge in [-0.1, -0.05) is 17.9 Å². The third kappa shape index (κ3) is 3.76. The number of benzene rings is 1. The van der Waals surface area contributed by atoms with Crippen LogP contribution in [0.4, 0.5) is 5.69 Å². The maximum Gasteiger partial charge on any atom is 0.237 e. The quantitative estimate of drug-likeness (QED) is 0.812. The second-order valence-electron chi connectivity index (χ2n) is 4.53. The molecule has 0 aromatic heterocycles. The minimum absolute atomic E-state index is 0.0971. The molecule has 100 valence electrons. The van der Waals surface area contributed by atoms with E-state index in [2.05, 4.69) is 17.2 Å². The van der Waals surface area contributed by atoms with E-state index in [0.29, 0.717) is 6.54 Å². The fourth-order valence-electron chi connectivity index (χ4n) is 1.99. The van der Waals surface area contributed by atoms with Crippen molar-refractivity contribution in [3.8, 4) is 11.8 Å². The molecule has 1 saturated heterocycles. The Balaban J connectivity index is 2.10. The van der Waals surface area contributed by atoms with Crippen LogP contribution >= 0.6 is 11.8 Å². The van der Waals surface area contributed by atoms with Crippen LogP contribution in [0.5, 0.6) is 0 Å². The topological polar surface area (TPSA) is 55.1 Å². The maximum absolute atomic E-state index is 12.0. The van der Waals surface area contributed by atoms with Crippen LogP contribution in [0.2, 0.25) is 0 Å². The molecule has 1 aromatic carbocycles. The number of nitrogens with two attached hydrogens (primary N) is 1. The molecule has 1 atom stereocenters. The first-order valence-electron chi connectivity index (χ1n) is 6.43. The molecule has 1 aromatic rings. The number of amides is 1. The molecule has 0 aliphatic carbocycles. The van der Waals surface area contributed by atoms with Crippen LogP contribution < -0.4 is 11.1 Å². The fraction of sp³-hybridized carbons (Fsp3) is 0.400. The molecule has 2 rings (SSSR count). The van der Waals surface area contributed by atoms with Crippen LogP contribution in [0.1, 0.15) is 24.0 Å². The minimum Gasteiger partial charge on any atom is -0.325 e. The summed E-state index contributed by atoms with van der Waals surface area (Å²) in [7, 11) is 0. The summed E-state index contributed by atoms with van der Waals surface area (Å²) in [5.41, 5.74) is 8.20. The number of carbonyl (C=O) groups excluding carboxylic acids is 1. The molecule has 1 aliphatic rings. The summed E-state index contributed by atoms with van der Waals surface area (Å²) in [5, 5.41) is 3.07. The van der Waals surface area contributed by atoms with Gasteiger partial charge in [-0.15, -0.1) is 11.8 Å². The van der Waals surface area contributed by atoms with Gasteiger partial charge in [-0.05, 0) is 43.2 Å². The van der Waals surface area contributed by atoms with Crippen molar-refractivity contribution in [1.82, 2.24) is 0 Å². The molecule has 4 heteroatoms. The van der Waals surface area contributed by atoms with Gasteiger partial charge in [-0.2, -0.15) is 0 Å². The van der Waals surface area contributed by atoms with E-state index < -0.39 is 0 Å². The average molecular weight is 274 g/mol. The van der Waals surface area contributed by atoms with Crippen molar-refractivity contribution in [2.24, 2.45) is 5.73 Å². The number of carbonyl (C=O) groups is 1. The van der Waals surface area contributed by atoms with Crippen LogP contribution in [-0.2, 0) is 4.79 Å². The summed E-state index contributed by atoms with van der Waals surface area (Å²) in [6.45, 7) is 2.34. The second-order valence-corrected chi connectivity index (χ2v) is 5.84. The van der Waals surface area contributed by atoms with Crippen molar-refractivity contribution in [1.29, 1.82) is 0 Å². The number of thioether (sulfide) groups is 1. The first-order valence-corrected chi connectivity index (χ1v) is 7.47. The summed E-state index contributed by atoms with van der Waals surface area (Å²) < 4.78 is 0. The highest BCUT2D eigenvalue weighted by molar-refractivity contribution is 8.00. The molecule has 0 saturated carbocycles. The normalized spacial score (nSPS) is 17.7. The number of nitrogens with one attached hydrogen (secondary N) is 1. The predicted molar refractivity (Wildman–Crippen MR) is 81.2 cm³/mol. The molecule has 1 heterocycles. The van der Waals surface area contributed by atoms with Crippen molar-refractivity contribution in [3.63, 3.8) is 0 Å². The Morgan fingerprint density at radius 3 is 3.11 bits per heavy atom. The molecule has 3 N–H and O–H groups in total. The van der Waals surface area contributed by atoms with E-state index in [-0.39, 0.29) is 11.2 Å². The predicted octanol–water partition coefficient (Wildman–Crippen LogP) is 2.14. The van der Waals surface area contributed by atoms with Crippen molar-refractivity contribution in [3.05, 3.63) is 29.3 Å². The monoisotopic (exact) mass is 274 g/mol. The average Bonchev–Trinajstić information content (AvgIpc) is 2.93. The number of anilines is 1. The minimum atomic E-state index is 0.0971. The van der Waals surface area contributed by atoms with Crippen LogP contribution in [0.25, 0.3) is 0 Å². The zero-order valence-corrected chi connectivity index (χ0v) is 11.8. The molecule has 3 nitrogen and oxygen atoms in total. The summed E-state index contributed by atoms with van der Waals surface area (Å²) in [5.74, 6) is 7.05. The standard InChI is InChI=1S/C15H18N2OS/c1-11-6-7-13(10-12(11)4-2-8-16)17-15(18)14-5-3-9-19-14/h6-7,10,14H,3,5,8-9,16H2,1H3,(H,17,18). The lowest BCUT2D eigenvalue weighted by atomic mass is 10.1. The van der Waals surface area contributed by atoms with E-state index in [1.54, 1.807) is 11.8 Å². The van der Waals surface area contributed by atoms with E-state index in [4.69, 9.17) is 5.73 Å². The Morgan fingerprint density at radius 2 is 2.42 bits per heavy atom.